The molecule has 0 radical (unpaired) electrons. The van der Waals surface area contributed by atoms with Crippen LogP contribution in [0.5, 0.6) is 11.5 Å². The molecule has 3 aromatic rings. The van der Waals surface area contributed by atoms with E-state index in [4.69, 9.17) is 14.2 Å². The molecule has 0 aliphatic carbocycles. The van der Waals surface area contributed by atoms with Crippen molar-refractivity contribution in [3.05, 3.63) is 53.5 Å². The van der Waals surface area contributed by atoms with Crippen molar-refractivity contribution in [2.24, 2.45) is 0 Å². The Bertz CT molecular complexity index is 1210. The first-order valence-electron chi connectivity index (χ1n) is 10.0. The van der Waals surface area contributed by atoms with Gasteiger partial charge in [0.2, 0.25) is 5.91 Å². The zero-order valence-corrected chi connectivity index (χ0v) is 19.1. The topological polar surface area (TPSA) is 78.0 Å². The van der Waals surface area contributed by atoms with E-state index in [2.05, 4.69) is 4.98 Å². The highest BCUT2D eigenvalue weighted by atomic mass is 32.2. The van der Waals surface area contributed by atoms with E-state index in [1.165, 1.54) is 23.1 Å². The lowest BCUT2D eigenvalue weighted by atomic mass is 10.2. The van der Waals surface area contributed by atoms with E-state index in [0.717, 1.165) is 21.2 Å². The number of nitrogens with zero attached hydrogens (tertiary/aromatic N) is 2. The molecule has 2 aromatic carbocycles. The van der Waals surface area contributed by atoms with Gasteiger partial charge in [-0.2, -0.15) is 0 Å². The molecule has 2 aliphatic rings. The van der Waals surface area contributed by atoms with Gasteiger partial charge in [0.05, 0.1) is 31.2 Å². The maximum absolute atomic E-state index is 13.2. The molecule has 5 rings (SSSR count). The number of carbonyl (C=O) groups excluding carboxylic acids is 2. The van der Waals surface area contributed by atoms with Crippen molar-refractivity contribution in [2.75, 3.05) is 19.1 Å². The van der Waals surface area contributed by atoms with Gasteiger partial charge < -0.3 is 14.2 Å². The standard InChI is InChI=1S/C23H20N2O5S2/c1-28-15-7-8-16(18(11-15)29-2)21-24-14(13-31-21)12-30-22(27)23-10-9-20(26)25(23)17-5-3-4-6-19(17)32-23/h3-8,11,13H,9-10,12H2,1-2H3. The molecule has 0 spiro atoms. The zero-order valence-electron chi connectivity index (χ0n) is 17.5. The fraction of sp³-hybridized carbons (Fsp3) is 0.261. The van der Waals surface area contributed by atoms with E-state index in [1.807, 2.05) is 41.8 Å². The van der Waals surface area contributed by atoms with Gasteiger partial charge in [0.15, 0.2) is 4.87 Å². The largest absolute Gasteiger partial charge is 0.497 e. The minimum absolute atomic E-state index is 0.0362. The van der Waals surface area contributed by atoms with Crippen LogP contribution >= 0.6 is 23.1 Å². The van der Waals surface area contributed by atoms with Crippen LogP contribution < -0.4 is 14.4 Å². The predicted molar refractivity (Wildman–Crippen MR) is 122 cm³/mol. The molecule has 1 atom stereocenters. The Hall–Kier alpha value is -3.04. The van der Waals surface area contributed by atoms with Crippen LogP contribution in [0, 0.1) is 0 Å². The van der Waals surface area contributed by atoms with Gasteiger partial charge in [-0.25, -0.2) is 9.78 Å². The van der Waals surface area contributed by atoms with Crippen LogP contribution in [0.15, 0.2) is 52.7 Å². The first kappa shape index (κ1) is 20.8. The summed E-state index contributed by atoms with van der Waals surface area (Å²) in [5.74, 6) is 0.880. The van der Waals surface area contributed by atoms with Gasteiger partial charge in [-0.05, 0) is 24.3 Å². The smallest absolute Gasteiger partial charge is 0.343 e. The van der Waals surface area contributed by atoms with Crippen LogP contribution in [0.3, 0.4) is 0 Å². The molecule has 0 bridgehead atoms. The highest BCUT2D eigenvalue weighted by Crippen LogP contribution is 2.56. The Morgan fingerprint density at radius 1 is 1.19 bits per heavy atom. The third kappa shape index (κ3) is 3.32. The number of methoxy groups -OCH3 is 2. The molecule has 1 fully saturated rings. The van der Waals surface area contributed by atoms with Gasteiger partial charge in [-0.3, -0.25) is 9.69 Å². The summed E-state index contributed by atoms with van der Waals surface area (Å²) in [5.41, 5.74) is 2.26. The number of rotatable bonds is 6. The molecule has 164 valence electrons. The van der Waals surface area contributed by atoms with E-state index < -0.39 is 10.8 Å². The Labute approximate surface area is 193 Å². The molecule has 2 aliphatic heterocycles. The monoisotopic (exact) mass is 468 g/mol. The van der Waals surface area contributed by atoms with E-state index >= 15 is 0 Å². The minimum atomic E-state index is -1.03. The third-order valence-corrected chi connectivity index (χ3v) is 7.91. The SMILES string of the molecule is COc1ccc(-c2nc(COC(=O)C34CCC(=O)N3c3ccccc3S4)cs2)c(OC)c1. The average molecular weight is 469 g/mol. The van der Waals surface area contributed by atoms with Gasteiger partial charge in [0.1, 0.15) is 23.1 Å². The van der Waals surface area contributed by atoms with Gasteiger partial charge in [-0.15, -0.1) is 11.3 Å². The lowest BCUT2D eigenvalue weighted by molar-refractivity contribution is -0.148. The van der Waals surface area contributed by atoms with E-state index in [-0.39, 0.29) is 12.5 Å². The Kier molecular flexibility index (Phi) is 5.30. The van der Waals surface area contributed by atoms with Gasteiger partial charge in [0, 0.05) is 29.2 Å². The molecule has 0 N–H and O–H groups in total. The van der Waals surface area contributed by atoms with Crippen molar-refractivity contribution in [1.29, 1.82) is 0 Å². The molecule has 9 heteroatoms. The summed E-state index contributed by atoms with van der Waals surface area (Å²) in [6, 6.07) is 13.1. The number of hydrogen-bond donors (Lipinski definition) is 0. The number of para-hydroxylation sites is 1. The summed E-state index contributed by atoms with van der Waals surface area (Å²) < 4.78 is 16.4. The second-order valence-corrected chi connectivity index (χ2v) is 9.55. The molecule has 32 heavy (non-hydrogen) atoms. The molecule has 1 unspecified atom stereocenters. The molecular formula is C23H20N2O5S2. The lowest BCUT2D eigenvalue weighted by Gasteiger charge is -2.28. The van der Waals surface area contributed by atoms with Gasteiger partial charge in [0.25, 0.3) is 0 Å². The number of thiazole rings is 1. The van der Waals surface area contributed by atoms with Crippen LogP contribution in [0.4, 0.5) is 5.69 Å². The van der Waals surface area contributed by atoms with Crippen molar-refractivity contribution < 1.29 is 23.8 Å². The number of hydrogen-bond acceptors (Lipinski definition) is 8. The maximum atomic E-state index is 13.2. The lowest BCUT2D eigenvalue weighted by Crippen LogP contribution is -2.47. The Balaban J connectivity index is 1.33. The molecule has 1 saturated heterocycles. The number of anilines is 1. The zero-order chi connectivity index (χ0) is 22.3. The number of carbonyl (C=O) groups is 2. The van der Waals surface area contributed by atoms with E-state index in [9.17, 15) is 9.59 Å². The first-order chi connectivity index (χ1) is 15.6. The highest BCUT2D eigenvalue weighted by Gasteiger charge is 2.58. The molecule has 0 saturated carbocycles. The van der Waals surface area contributed by atoms with Gasteiger partial charge in [-0.1, -0.05) is 23.9 Å². The molecule has 3 heterocycles. The van der Waals surface area contributed by atoms with Crippen LogP contribution in [-0.2, 0) is 20.9 Å². The first-order valence-corrected chi connectivity index (χ1v) is 11.7. The van der Waals surface area contributed by atoms with Crippen LogP contribution in [-0.4, -0.2) is 36.0 Å². The summed E-state index contributed by atoms with van der Waals surface area (Å²) in [5, 5.41) is 2.62. The minimum Gasteiger partial charge on any atom is -0.497 e. The Morgan fingerprint density at radius 2 is 2.03 bits per heavy atom. The Morgan fingerprint density at radius 3 is 2.84 bits per heavy atom. The third-order valence-electron chi connectivity index (χ3n) is 5.53. The average Bonchev–Trinajstić information content (AvgIpc) is 3.51. The van der Waals surface area contributed by atoms with Crippen LogP contribution in [0.2, 0.25) is 0 Å². The fourth-order valence-corrected chi connectivity index (χ4v) is 6.24. The molecule has 7 nitrogen and oxygen atoms in total. The fourth-order valence-electron chi connectivity index (χ4n) is 4.00. The second kappa shape index (κ2) is 8.14. The predicted octanol–water partition coefficient (Wildman–Crippen LogP) is 4.50. The quantitative estimate of drug-likeness (QED) is 0.493. The van der Waals surface area contributed by atoms with Crippen LogP contribution in [0.25, 0.3) is 10.6 Å². The number of benzene rings is 2. The number of ether oxygens (including phenoxy) is 3. The number of amides is 1. The molecule has 1 amide bonds. The van der Waals surface area contributed by atoms with Crippen molar-refractivity contribution in [3.63, 3.8) is 0 Å². The molecule has 1 aromatic heterocycles. The summed E-state index contributed by atoms with van der Waals surface area (Å²) in [6.45, 7) is 0.0362. The van der Waals surface area contributed by atoms with Crippen molar-refractivity contribution in [2.45, 2.75) is 29.2 Å². The van der Waals surface area contributed by atoms with E-state index in [0.29, 0.717) is 30.0 Å². The van der Waals surface area contributed by atoms with Crippen molar-refractivity contribution >= 4 is 40.7 Å². The van der Waals surface area contributed by atoms with E-state index in [1.54, 1.807) is 25.2 Å². The van der Waals surface area contributed by atoms with Crippen molar-refractivity contribution in [1.82, 2.24) is 4.98 Å². The maximum Gasteiger partial charge on any atom is 0.343 e. The highest BCUT2D eigenvalue weighted by molar-refractivity contribution is 8.02. The number of fused-ring (bicyclic) bond motifs is 3. The van der Waals surface area contributed by atoms with Crippen molar-refractivity contribution in [3.8, 4) is 22.1 Å². The summed E-state index contributed by atoms with van der Waals surface area (Å²) in [4.78, 5) is 31.8. The van der Waals surface area contributed by atoms with Gasteiger partial charge >= 0.3 is 5.97 Å². The number of esters is 1. The summed E-state index contributed by atoms with van der Waals surface area (Å²) in [6.07, 6.45) is 0.754. The number of thioether (sulfide) groups is 1. The number of aromatic nitrogens is 1. The second-order valence-electron chi connectivity index (χ2n) is 7.37. The normalized spacial score (nSPS) is 18.9. The molecular weight excluding hydrogens is 448 g/mol. The van der Waals surface area contributed by atoms with Crippen LogP contribution in [0.1, 0.15) is 18.5 Å². The summed E-state index contributed by atoms with van der Waals surface area (Å²) >= 11 is 2.84. The summed E-state index contributed by atoms with van der Waals surface area (Å²) in [7, 11) is 3.20.